The number of hydrogen-bond donors (Lipinski definition) is 1. The van der Waals surface area contributed by atoms with E-state index in [0.717, 1.165) is 6.42 Å². The quantitative estimate of drug-likeness (QED) is 0.675. The fourth-order valence-corrected chi connectivity index (χ4v) is 2.63. The average Bonchev–Trinajstić information content (AvgIpc) is 1.83. The van der Waals surface area contributed by atoms with Gasteiger partial charge < -0.3 is 5.11 Å². The molecule has 0 heterocycles. The fraction of sp³-hybridized carbons (Fsp3) is 1.00. The van der Waals surface area contributed by atoms with Crippen LogP contribution in [0.4, 0.5) is 0 Å². The Morgan fingerprint density at radius 2 is 1.67 bits per heavy atom. The van der Waals surface area contributed by atoms with Crippen LogP contribution in [0.25, 0.3) is 0 Å². The molecule has 1 N–H and O–H groups in total. The summed E-state index contributed by atoms with van der Waals surface area (Å²) in [6, 6.07) is 0. The van der Waals surface area contributed by atoms with Crippen molar-refractivity contribution < 1.29 is 5.11 Å². The van der Waals surface area contributed by atoms with Gasteiger partial charge in [0.1, 0.15) is 0 Å². The predicted molar refractivity (Wildman–Crippen MR) is 52.1 cm³/mol. The van der Waals surface area contributed by atoms with Gasteiger partial charge in [0.05, 0.1) is 5.60 Å². The van der Waals surface area contributed by atoms with Crippen LogP contribution in [0, 0.1) is 5.41 Å². The van der Waals surface area contributed by atoms with Crippen molar-refractivity contribution in [1.29, 1.82) is 0 Å². The molecule has 0 saturated heterocycles. The average molecular weight is 170 g/mol. The van der Waals surface area contributed by atoms with Gasteiger partial charge in [-0.1, -0.05) is 26.2 Å². The molecule has 0 aromatic rings. The summed E-state index contributed by atoms with van der Waals surface area (Å²) >= 11 is 0. The molecular weight excluding hydrogens is 148 g/mol. The normalized spacial score (nSPS) is 24.0. The third kappa shape index (κ3) is 3.14. The van der Waals surface area contributed by atoms with Crippen molar-refractivity contribution in [3.05, 3.63) is 0 Å². The van der Waals surface area contributed by atoms with Crippen LogP contribution < -0.4 is 0 Å². The molecule has 12 heavy (non-hydrogen) atoms. The molecule has 0 spiro atoms. The van der Waals surface area contributed by atoms with Gasteiger partial charge in [0, 0.05) is 0 Å². The van der Waals surface area contributed by atoms with E-state index < -0.39 is 5.60 Å². The molecule has 0 aliphatic heterocycles. The highest BCUT2D eigenvalue weighted by molar-refractivity contribution is 4.84. The summed E-state index contributed by atoms with van der Waals surface area (Å²) in [4.78, 5) is 0. The van der Waals surface area contributed by atoms with Gasteiger partial charge in [0.25, 0.3) is 0 Å². The van der Waals surface area contributed by atoms with E-state index in [-0.39, 0.29) is 0 Å². The van der Waals surface area contributed by atoms with Gasteiger partial charge in [0.15, 0.2) is 0 Å². The van der Waals surface area contributed by atoms with E-state index in [1.54, 1.807) is 0 Å². The molecule has 0 amide bonds. The molecule has 0 unspecified atom stereocenters. The molecule has 1 aliphatic rings. The lowest BCUT2D eigenvalue weighted by atomic mass is 9.70. The molecule has 0 atom stereocenters. The van der Waals surface area contributed by atoms with Crippen LogP contribution in [0.15, 0.2) is 0 Å². The molecule has 1 heteroatoms. The SMILES string of the molecule is CC(C)(O)CC1(C)CCCCC1. The molecular formula is C11H22O. The molecule has 1 nitrogen and oxygen atoms in total. The molecule has 1 fully saturated rings. The molecule has 0 aromatic carbocycles. The lowest BCUT2D eigenvalue weighted by Crippen LogP contribution is -2.31. The highest BCUT2D eigenvalue weighted by Gasteiger charge is 2.32. The van der Waals surface area contributed by atoms with Crippen LogP contribution in [-0.2, 0) is 0 Å². The van der Waals surface area contributed by atoms with Crippen molar-refractivity contribution >= 4 is 0 Å². The van der Waals surface area contributed by atoms with Crippen molar-refractivity contribution in [1.82, 2.24) is 0 Å². The van der Waals surface area contributed by atoms with E-state index in [0.29, 0.717) is 5.41 Å². The second-order valence-corrected chi connectivity index (χ2v) is 5.36. The minimum absolute atomic E-state index is 0.413. The number of hydrogen-bond acceptors (Lipinski definition) is 1. The van der Waals surface area contributed by atoms with Crippen LogP contribution in [0.2, 0.25) is 0 Å². The third-order valence-corrected chi connectivity index (χ3v) is 2.92. The lowest BCUT2D eigenvalue weighted by Gasteiger charge is -2.37. The van der Waals surface area contributed by atoms with Crippen molar-refractivity contribution in [2.24, 2.45) is 5.41 Å². The summed E-state index contributed by atoms with van der Waals surface area (Å²) in [5.74, 6) is 0. The van der Waals surface area contributed by atoms with Gasteiger partial charge in [0.2, 0.25) is 0 Å². The van der Waals surface area contributed by atoms with Crippen LogP contribution in [0.3, 0.4) is 0 Å². The van der Waals surface area contributed by atoms with Crippen molar-refractivity contribution in [2.45, 2.75) is 64.9 Å². The Hall–Kier alpha value is -0.0400. The second-order valence-electron chi connectivity index (χ2n) is 5.36. The summed E-state index contributed by atoms with van der Waals surface area (Å²) in [5, 5.41) is 9.74. The Bertz CT molecular complexity index is 138. The van der Waals surface area contributed by atoms with Crippen LogP contribution in [0.5, 0.6) is 0 Å². The fourth-order valence-electron chi connectivity index (χ4n) is 2.63. The highest BCUT2D eigenvalue weighted by Crippen LogP contribution is 2.41. The monoisotopic (exact) mass is 170 g/mol. The highest BCUT2D eigenvalue weighted by atomic mass is 16.3. The smallest absolute Gasteiger partial charge is 0.0597 e. The summed E-state index contributed by atoms with van der Waals surface area (Å²) in [5.41, 5.74) is -0.0669. The van der Waals surface area contributed by atoms with Gasteiger partial charge in [-0.2, -0.15) is 0 Å². The van der Waals surface area contributed by atoms with E-state index >= 15 is 0 Å². The minimum Gasteiger partial charge on any atom is -0.390 e. The lowest BCUT2D eigenvalue weighted by molar-refractivity contribution is 0.0131. The van der Waals surface area contributed by atoms with Gasteiger partial charge in [-0.3, -0.25) is 0 Å². The maximum absolute atomic E-state index is 9.74. The van der Waals surface area contributed by atoms with Crippen LogP contribution in [-0.4, -0.2) is 10.7 Å². The van der Waals surface area contributed by atoms with Gasteiger partial charge in [-0.05, 0) is 38.5 Å². The molecule has 0 aromatic heterocycles. The second kappa shape index (κ2) is 3.37. The van der Waals surface area contributed by atoms with Gasteiger partial charge >= 0.3 is 0 Å². The molecule has 0 radical (unpaired) electrons. The van der Waals surface area contributed by atoms with Crippen LogP contribution in [0.1, 0.15) is 59.3 Å². The maximum atomic E-state index is 9.74. The van der Waals surface area contributed by atoms with Crippen molar-refractivity contribution in [2.75, 3.05) is 0 Å². The number of aliphatic hydroxyl groups is 1. The maximum Gasteiger partial charge on any atom is 0.0597 e. The zero-order valence-corrected chi connectivity index (χ0v) is 8.69. The van der Waals surface area contributed by atoms with Gasteiger partial charge in [-0.25, -0.2) is 0 Å². The first-order valence-corrected chi connectivity index (χ1v) is 5.14. The summed E-state index contributed by atoms with van der Waals surface area (Å²) in [6.45, 7) is 6.17. The largest absolute Gasteiger partial charge is 0.390 e. The first-order chi connectivity index (χ1) is 5.41. The molecule has 1 saturated carbocycles. The Morgan fingerprint density at radius 1 is 1.17 bits per heavy atom. The number of rotatable bonds is 2. The van der Waals surface area contributed by atoms with Crippen molar-refractivity contribution in [3.63, 3.8) is 0 Å². The molecule has 1 aliphatic carbocycles. The topological polar surface area (TPSA) is 20.2 Å². The molecule has 1 rings (SSSR count). The Balaban J connectivity index is 2.47. The van der Waals surface area contributed by atoms with E-state index in [1.165, 1.54) is 32.1 Å². The van der Waals surface area contributed by atoms with E-state index in [9.17, 15) is 5.11 Å². The predicted octanol–water partition coefficient (Wildman–Crippen LogP) is 3.12. The summed E-state index contributed by atoms with van der Waals surface area (Å²) in [6.07, 6.45) is 7.66. The van der Waals surface area contributed by atoms with E-state index in [2.05, 4.69) is 6.92 Å². The minimum atomic E-state index is -0.480. The third-order valence-electron chi connectivity index (χ3n) is 2.92. The van der Waals surface area contributed by atoms with Gasteiger partial charge in [-0.15, -0.1) is 0 Å². The Labute approximate surface area is 76.2 Å². The Kier molecular flexibility index (Phi) is 2.82. The van der Waals surface area contributed by atoms with E-state index in [1.807, 2.05) is 13.8 Å². The molecule has 0 bridgehead atoms. The van der Waals surface area contributed by atoms with Crippen molar-refractivity contribution in [3.8, 4) is 0 Å². The Morgan fingerprint density at radius 3 is 2.08 bits per heavy atom. The van der Waals surface area contributed by atoms with Crippen LogP contribution >= 0.6 is 0 Å². The first kappa shape index (κ1) is 10.0. The zero-order chi connectivity index (χ0) is 9.24. The zero-order valence-electron chi connectivity index (χ0n) is 8.69. The standard InChI is InChI=1S/C11H22O/c1-10(2,12)9-11(3)7-5-4-6-8-11/h12H,4-9H2,1-3H3. The van der Waals surface area contributed by atoms with E-state index in [4.69, 9.17) is 0 Å². The molecule has 72 valence electrons. The summed E-state index contributed by atoms with van der Waals surface area (Å²) < 4.78 is 0. The first-order valence-electron chi connectivity index (χ1n) is 5.14. The summed E-state index contributed by atoms with van der Waals surface area (Å²) in [7, 11) is 0.